The third kappa shape index (κ3) is 2.20. The Balaban J connectivity index is 2.05. The van der Waals surface area contributed by atoms with Crippen molar-refractivity contribution in [1.82, 2.24) is 24.1 Å². The molecule has 0 aromatic carbocycles. The van der Waals surface area contributed by atoms with Crippen LogP contribution in [0, 0.1) is 0 Å². The smallest absolute Gasteiger partial charge is 0.261 e. The highest BCUT2D eigenvalue weighted by Gasteiger charge is 2.13. The lowest BCUT2D eigenvalue weighted by molar-refractivity contribution is 0.726. The molecule has 3 heterocycles. The van der Waals surface area contributed by atoms with E-state index in [4.69, 9.17) is 0 Å². The Labute approximate surface area is 119 Å². The van der Waals surface area contributed by atoms with Gasteiger partial charge < -0.3 is 0 Å². The van der Waals surface area contributed by atoms with Gasteiger partial charge in [0, 0.05) is 6.20 Å². The molecule has 3 rings (SSSR count). The molecule has 0 amide bonds. The number of aromatic nitrogens is 5. The summed E-state index contributed by atoms with van der Waals surface area (Å²) < 4.78 is 5.56. The highest BCUT2D eigenvalue weighted by atomic mass is 32.1. The molecule has 0 spiro atoms. The quantitative estimate of drug-likeness (QED) is 0.734. The van der Waals surface area contributed by atoms with Gasteiger partial charge in [-0.05, 0) is 23.5 Å². The van der Waals surface area contributed by atoms with Gasteiger partial charge in [-0.2, -0.15) is 0 Å². The fourth-order valence-corrected chi connectivity index (χ4v) is 2.83. The van der Waals surface area contributed by atoms with E-state index < -0.39 is 0 Å². The molecule has 0 saturated carbocycles. The van der Waals surface area contributed by atoms with Crippen LogP contribution in [-0.2, 0) is 6.54 Å². The molecule has 0 unspecified atom stereocenters. The predicted molar refractivity (Wildman–Crippen MR) is 76.9 cm³/mol. The monoisotopic (exact) mass is 287 g/mol. The van der Waals surface area contributed by atoms with E-state index >= 15 is 0 Å². The van der Waals surface area contributed by atoms with Gasteiger partial charge in [-0.3, -0.25) is 14.3 Å². The summed E-state index contributed by atoms with van der Waals surface area (Å²) in [6.45, 7) is 4.58. The zero-order chi connectivity index (χ0) is 14.1. The first-order chi connectivity index (χ1) is 9.66. The molecular weight excluding hydrogens is 274 g/mol. The van der Waals surface area contributed by atoms with Crippen LogP contribution in [0.4, 0.5) is 0 Å². The number of hydrogen-bond donors (Lipinski definition) is 0. The Morgan fingerprint density at radius 3 is 3.05 bits per heavy atom. The van der Waals surface area contributed by atoms with E-state index in [9.17, 15) is 4.79 Å². The van der Waals surface area contributed by atoms with Gasteiger partial charge in [0.15, 0.2) is 0 Å². The van der Waals surface area contributed by atoms with Gasteiger partial charge in [-0.1, -0.05) is 18.3 Å². The van der Waals surface area contributed by atoms with Gasteiger partial charge in [0.1, 0.15) is 0 Å². The Hall–Kier alpha value is -2.15. The molecule has 0 fully saturated rings. The summed E-state index contributed by atoms with van der Waals surface area (Å²) in [6.07, 6.45) is 4.74. The van der Waals surface area contributed by atoms with Crippen LogP contribution < -0.4 is 5.56 Å². The van der Waals surface area contributed by atoms with E-state index in [2.05, 4.69) is 33.4 Å². The van der Waals surface area contributed by atoms with Crippen molar-refractivity contribution < 1.29 is 0 Å². The standard InChI is InChI=1S/C13H13N5OS/c1-8(2)12-11(20-17-16-12)6-18-7-15-10-5-14-4-3-9(10)13(18)19/h3-5,7-8H,6H2,1-2H3. The van der Waals surface area contributed by atoms with Gasteiger partial charge in [-0.15, -0.1) is 5.10 Å². The lowest BCUT2D eigenvalue weighted by Crippen LogP contribution is -2.21. The molecule has 3 aromatic heterocycles. The Morgan fingerprint density at radius 2 is 2.25 bits per heavy atom. The van der Waals surface area contributed by atoms with Crippen LogP contribution in [0.1, 0.15) is 30.3 Å². The molecule has 0 radical (unpaired) electrons. The Bertz CT molecular complexity index is 808. The molecule has 20 heavy (non-hydrogen) atoms. The molecule has 0 bridgehead atoms. The fourth-order valence-electron chi connectivity index (χ4n) is 2.04. The summed E-state index contributed by atoms with van der Waals surface area (Å²) in [5, 5.41) is 4.70. The van der Waals surface area contributed by atoms with Crippen molar-refractivity contribution in [2.45, 2.75) is 26.3 Å². The maximum absolute atomic E-state index is 12.4. The molecule has 0 saturated heterocycles. The summed E-state index contributed by atoms with van der Waals surface area (Å²) in [6, 6.07) is 1.69. The van der Waals surface area contributed by atoms with Gasteiger partial charge in [0.05, 0.1) is 40.5 Å². The van der Waals surface area contributed by atoms with Gasteiger partial charge in [0.25, 0.3) is 5.56 Å². The second-order valence-corrected chi connectivity index (χ2v) is 5.65. The first kappa shape index (κ1) is 12.9. The highest BCUT2D eigenvalue weighted by Crippen LogP contribution is 2.20. The van der Waals surface area contributed by atoms with Gasteiger partial charge in [-0.25, -0.2) is 4.98 Å². The van der Waals surface area contributed by atoms with E-state index in [0.29, 0.717) is 17.4 Å². The van der Waals surface area contributed by atoms with Crippen molar-refractivity contribution in [3.8, 4) is 0 Å². The first-order valence-corrected chi connectivity index (χ1v) is 7.04. The van der Waals surface area contributed by atoms with E-state index in [0.717, 1.165) is 10.6 Å². The van der Waals surface area contributed by atoms with Crippen LogP contribution in [0.3, 0.4) is 0 Å². The zero-order valence-electron chi connectivity index (χ0n) is 11.1. The predicted octanol–water partition coefficient (Wildman–Crippen LogP) is 1.81. The molecule has 102 valence electrons. The average Bonchev–Trinajstić information content (AvgIpc) is 2.91. The Morgan fingerprint density at radius 1 is 1.40 bits per heavy atom. The molecule has 0 aliphatic rings. The molecule has 0 aliphatic heterocycles. The molecule has 3 aromatic rings. The third-order valence-corrected chi connectivity index (χ3v) is 3.80. The van der Waals surface area contributed by atoms with Gasteiger partial charge in [0.2, 0.25) is 0 Å². The summed E-state index contributed by atoms with van der Waals surface area (Å²) in [5.74, 6) is 0.289. The third-order valence-electron chi connectivity index (χ3n) is 3.07. The summed E-state index contributed by atoms with van der Waals surface area (Å²) >= 11 is 1.33. The first-order valence-electron chi connectivity index (χ1n) is 6.27. The molecule has 0 N–H and O–H groups in total. The number of hydrogen-bond acceptors (Lipinski definition) is 6. The minimum atomic E-state index is -0.0690. The van der Waals surface area contributed by atoms with Crippen LogP contribution >= 0.6 is 11.5 Å². The van der Waals surface area contributed by atoms with Crippen LogP contribution in [-0.4, -0.2) is 24.1 Å². The fraction of sp³-hybridized carbons (Fsp3) is 0.308. The van der Waals surface area contributed by atoms with Crippen molar-refractivity contribution in [3.05, 3.63) is 45.7 Å². The number of rotatable bonds is 3. The average molecular weight is 287 g/mol. The lowest BCUT2D eigenvalue weighted by Gasteiger charge is -2.07. The van der Waals surface area contributed by atoms with Crippen LogP contribution in [0.15, 0.2) is 29.6 Å². The molecule has 0 atom stereocenters. The van der Waals surface area contributed by atoms with Crippen molar-refractivity contribution in [2.75, 3.05) is 0 Å². The number of nitrogens with zero attached hydrogens (tertiary/aromatic N) is 5. The number of fused-ring (bicyclic) bond motifs is 1. The summed E-state index contributed by atoms with van der Waals surface area (Å²) in [7, 11) is 0. The topological polar surface area (TPSA) is 73.6 Å². The lowest BCUT2D eigenvalue weighted by atomic mass is 10.1. The van der Waals surface area contributed by atoms with Crippen molar-refractivity contribution >= 4 is 22.4 Å². The van der Waals surface area contributed by atoms with Crippen molar-refractivity contribution in [2.24, 2.45) is 0 Å². The Kier molecular flexibility index (Phi) is 3.27. The van der Waals surface area contributed by atoms with E-state index in [1.54, 1.807) is 29.4 Å². The van der Waals surface area contributed by atoms with Crippen LogP contribution in [0.2, 0.25) is 0 Å². The van der Waals surface area contributed by atoms with Gasteiger partial charge >= 0.3 is 0 Å². The zero-order valence-corrected chi connectivity index (χ0v) is 12.0. The maximum atomic E-state index is 12.4. The molecule has 7 heteroatoms. The second kappa shape index (κ2) is 5.09. The normalized spacial score (nSPS) is 11.3. The SMILES string of the molecule is CC(C)c1nnsc1Cn1cnc2cnccc2c1=O. The second-order valence-electron chi connectivity index (χ2n) is 4.81. The maximum Gasteiger partial charge on any atom is 0.261 e. The van der Waals surface area contributed by atoms with Crippen LogP contribution in [0.5, 0.6) is 0 Å². The largest absolute Gasteiger partial charge is 0.293 e. The highest BCUT2D eigenvalue weighted by molar-refractivity contribution is 7.05. The minimum Gasteiger partial charge on any atom is -0.293 e. The number of pyridine rings is 1. The van der Waals surface area contributed by atoms with E-state index in [-0.39, 0.29) is 11.5 Å². The molecular formula is C13H13N5OS. The van der Waals surface area contributed by atoms with Crippen molar-refractivity contribution in [3.63, 3.8) is 0 Å². The minimum absolute atomic E-state index is 0.0690. The van der Waals surface area contributed by atoms with Crippen molar-refractivity contribution in [1.29, 1.82) is 0 Å². The summed E-state index contributed by atoms with van der Waals surface area (Å²) in [5.41, 5.74) is 1.48. The van der Waals surface area contributed by atoms with Crippen LogP contribution in [0.25, 0.3) is 10.9 Å². The molecule has 0 aliphatic carbocycles. The van der Waals surface area contributed by atoms with E-state index in [1.165, 1.54) is 11.5 Å². The summed E-state index contributed by atoms with van der Waals surface area (Å²) in [4.78, 5) is 21.6. The van der Waals surface area contributed by atoms with E-state index in [1.807, 2.05) is 0 Å². The molecule has 6 nitrogen and oxygen atoms in total.